The number of hydrogen-bond acceptors (Lipinski definition) is 4. The number of hydrogen-bond donors (Lipinski definition) is 1. The van der Waals surface area contributed by atoms with E-state index in [2.05, 4.69) is 39.0 Å². The van der Waals surface area contributed by atoms with E-state index in [1.807, 2.05) is 6.92 Å². The van der Waals surface area contributed by atoms with Crippen LogP contribution >= 0.6 is 15.9 Å². The molecule has 0 amide bonds. The topological polar surface area (TPSA) is 47.7 Å². The minimum Gasteiger partial charge on any atom is -0.377 e. The van der Waals surface area contributed by atoms with Crippen molar-refractivity contribution < 1.29 is 9.47 Å². The second-order valence-corrected chi connectivity index (χ2v) is 6.26. The molecule has 1 aliphatic rings. The van der Waals surface area contributed by atoms with Gasteiger partial charge in [0.15, 0.2) is 0 Å². The van der Waals surface area contributed by atoms with Gasteiger partial charge in [0.1, 0.15) is 12.2 Å². The van der Waals surface area contributed by atoms with Crippen molar-refractivity contribution in [3.8, 4) is 0 Å². The predicted octanol–water partition coefficient (Wildman–Crippen LogP) is 2.19. The van der Waals surface area contributed by atoms with Gasteiger partial charge in [-0.2, -0.15) is 0 Å². The van der Waals surface area contributed by atoms with Crippen LogP contribution < -0.4 is 10.6 Å². The highest BCUT2D eigenvalue weighted by molar-refractivity contribution is 9.10. The molecule has 1 heterocycles. The number of ether oxygens (including phenoxy) is 2. The highest BCUT2D eigenvalue weighted by atomic mass is 79.9. The van der Waals surface area contributed by atoms with Crippen LogP contribution in [0, 0.1) is 0 Å². The molecule has 1 saturated heterocycles. The summed E-state index contributed by atoms with van der Waals surface area (Å²) in [5.41, 5.74) is 8.29. The Bertz CT molecular complexity index is 441. The summed E-state index contributed by atoms with van der Waals surface area (Å²) >= 11 is 3.64. The molecule has 1 aliphatic heterocycles. The summed E-state index contributed by atoms with van der Waals surface area (Å²) in [5.74, 6) is 0. The highest BCUT2D eigenvalue weighted by Crippen LogP contribution is 2.28. The van der Waals surface area contributed by atoms with Crippen LogP contribution in [-0.4, -0.2) is 45.6 Å². The molecule has 112 valence electrons. The van der Waals surface area contributed by atoms with E-state index < -0.39 is 0 Å². The molecule has 20 heavy (non-hydrogen) atoms. The van der Waals surface area contributed by atoms with Gasteiger partial charge in [-0.3, -0.25) is 0 Å². The van der Waals surface area contributed by atoms with Crippen LogP contribution in [0.5, 0.6) is 0 Å². The Morgan fingerprint density at radius 3 is 2.35 bits per heavy atom. The summed E-state index contributed by atoms with van der Waals surface area (Å²) in [6.45, 7) is 3.73. The standard InChI is InChI=1S/C15H23BrN2O2/c1-10(17)6-11-4-5-12(7-13(11)16)18-8-14(19-2)15(9-18)20-3/h4-5,7,10,14-15H,6,8-9,17H2,1-3H3. The summed E-state index contributed by atoms with van der Waals surface area (Å²) in [4.78, 5) is 2.29. The Balaban J connectivity index is 2.12. The van der Waals surface area contributed by atoms with Gasteiger partial charge < -0.3 is 20.1 Å². The average molecular weight is 343 g/mol. The van der Waals surface area contributed by atoms with Gasteiger partial charge in [0, 0.05) is 43.5 Å². The maximum atomic E-state index is 5.86. The largest absolute Gasteiger partial charge is 0.377 e. The fourth-order valence-electron chi connectivity index (χ4n) is 2.65. The first-order valence-electron chi connectivity index (χ1n) is 6.89. The number of anilines is 1. The van der Waals surface area contributed by atoms with Crippen LogP contribution in [0.1, 0.15) is 12.5 Å². The molecule has 0 aromatic heterocycles. The summed E-state index contributed by atoms with van der Waals surface area (Å²) in [6, 6.07) is 6.61. The van der Waals surface area contributed by atoms with Gasteiger partial charge in [0.2, 0.25) is 0 Å². The zero-order valence-corrected chi connectivity index (χ0v) is 13.9. The zero-order chi connectivity index (χ0) is 14.7. The average Bonchev–Trinajstić information content (AvgIpc) is 2.83. The molecule has 3 atom stereocenters. The molecule has 4 nitrogen and oxygen atoms in total. The third-order valence-corrected chi connectivity index (χ3v) is 4.50. The predicted molar refractivity (Wildman–Crippen MR) is 85.3 cm³/mol. The molecular weight excluding hydrogens is 320 g/mol. The summed E-state index contributed by atoms with van der Waals surface area (Å²) in [7, 11) is 3.48. The van der Waals surface area contributed by atoms with Crippen molar-refractivity contribution >= 4 is 21.6 Å². The first-order chi connectivity index (χ1) is 9.55. The molecule has 2 N–H and O–H groups in total. The van der Waals surface area contributed by atoms with Gasteiger partial charge in [0.05, 0.1) is 0 Å². The van der Waals surface area contributed by atoms with Crippen LogP contribution in [0.15, 0.2) is 22.7 Å². The van der Waals surface area contributed by atoms with Crippen molar-refractivity contribution in [3.63, 3.8) is 0 Å². The fraction of sp³-hybridized carbons (Fsp3) is 0.600. The van der Waals surface area contributed by atoms with E-state index in [1.54, 1.807) is 14.2 Å². The summed E-state index contributed by atoms with van der Waals surface area (Å²) in [5, 5.41) is 0. The molecule has 0 radical (unpaired) electrons. The van der Waals surface area contributed by atoms with E-state index in [0.717, 1.165) is 24.0 Å². The van der Waals surface area contributed by atoms with Crippen LogP contribution in [0.3, 0.4) is 0 Å². The lowest BCUT2D eigenvalue weighted by Crippen LogP contribution is -2.27. The van der Waals surface area contributed by atoms with Crippen LogP contribution in [-0.2, 0) is 15.9 Å². The SMILES string of the molecule is COC1CN(c2ccc(CC(C)N)c(Br)c2)CC1OC. The van der Waals surface area contributed by atoms with E-state index in [-0.39, 0.29) is 18.2 Å². The number of methoxy groups -OCH3 is 2. The van der Waals surface area contributed by atoms with E-state index >= 15 is 0 Å². The van der Waals surface area contributed by atoms with Crippen molar-refractivity contribution in [2.45, 2.75) is 31.6 Å². The molecule has 0 saturated carbocycles. The maximum Gasteiger partial charge on any atom is 0.102 e. The van der Waals surface area contributed by atoms with Crippen LogP contribution in [0.2, 0.25) is 0 Å². The third-order valence-electron chi connectivity index (χ3n) is 3.76. The van der Waals surface area contributed by atoms with Gasteiger partial charge in [-0.25, -0.2) is 0 Å². The minimum absolute atomic E-state index is 0.127. The van der Waals surface area contributed by atoms with Crippen molar-refractivity contribution in [3.05, 3.63) is 28.2 Å². The summed E-state index contributed by atoms with van der Waals surface area (Å²) in [6.07, 6.45) is 1.13. The lowest BCUT2D eigenvalue weighted by Gasteiger charge is -2.19. The van der Waals surface area contributed by atoms with Gasteiger partial charge in [0.25, 0.3) is 0 Å². The van der Waals surface area contributed by atoms with Crippen molar-refractivity contribution in [1.82, 2.24) is 0 Å². The number of nitrogens with zero attached hydrogens (tertiary/aromatic N) is 1. The van der Waals surface area contributed by atoms with E-state index in [4.69, 9.17) is 15.2 Å². The minimum atomic E-state index is 0.127. The normalized spacial score (nSPS) is 24.1. The molecule has 2 rings (SSSR count). The van der Waals surface area contributed by atoms with Crippen LogP contribution in [0.25, 0.3) is 0 Å². The van der Waals surface area contributed by atoms with Crippen molar-refractivity contribution in [2.24, 2.45) is 5.73 Å². The summed E-state index contributed by atoms with van der Waals surface area (Å²) < 4.78 is 12.1. The molecule has 1 aromatic carbocycles. The maximum absolute atomic E-state index is 5.86. The van der Waals surface area contributed by atoms with Crippen LogP contribution in [0.4, 0.5) is 5.69 Å². The van der Waals surface area contributed by atoms with E-state index in [9.17, 15) is 0 Å². The third kappa shape index (κ3) is 3.52. The lowest BCUT2D eigenvalue weighted by atomic mass is 10.1. The Hall–Kier alpha value is -0.620. The molecule has 1 fully saturated rings. The molecule has 3 unspecified atom stereocenters. The molecular formula is C15H23BrN2O2. The second-order valence-electron chi connectivity index (χ2n) is 5.41. The molecule has 1 aromatic rings. The Morgan fingerprint density at radius 1 is 1.30 bits per heavy atom. The highest BCUT2D eigenvalue weighted by Gasteiger charge is 2.33. The number of benzene rings is 1. The number of rotatable bonds is 5. The quantitative estimate of drug-likeness (QED) is 0.890. The van der Waals surface area contributed by atoms with Gasteiger partial charge >= 0.3 is 0 Å². The van der Waals surface area contributed by atoms with Crippen molar-refractivity contribution in [2.75, 3.05) is 32.2 Å². The zero-order valence-electron chi connectivity index (χ0n) is 12.3. The lowest BCUT2D eigenvalue weighted by molar-refractivity contribution is -0.00461. The molecule has 0 bridgehead atoms. The van der Waals surface area contributed by atoms with Gasteiger partial charge in [-0.15, -0.1) is 0 Å². The van der Waals surface area contributed by atoms with E-state index in [0.29, 0.717) is 0 Å². The Morgan fingerprint density at radius 2 is 1.90 bits per heavy atom. The first-order valence-corrected chi connectivity index (χ1v) is 7.69. The van der Waals surface area contributed by atoms with Gasteiger partial charge in [-0.1, -0.05) is 22.0 Å². The van der Waals surface area contributed by atoms with Gasteiger partial charge in [-0.05, 0) is 31.0 Å². The fourth-order valence-corrected chi connectivity index (χ4v) is 3.18. The monoisotopic (exact) mass is 342 g/mol. The Labute approximate surface area is 129 Å². The molecule has 0 spiro atoms. The number of halogens is 1. The number of nitrogens with two attached hydrogens (primary N) is 1. The second kappa shape index (κ2) is 6.89. The Kier molecular flexibility index (Phi) is 5.43. The smallest absolute Gasteiger partial charge is 0.102 e. The molecule has 0 aliphatic carbocycles. The molecule has 5 heteroatoms. The first kappa shape index (κ1) is 15.8. The van der Waals surface area contributed by atoms with E-state index in [1.165, 1.54) is 11.3 Å². The van der Waals surface area contributed by atoms with Crippen molar-refractivity contribution in [1.29, 1.82) is 0 Å².